The van der Waals surface area contributed by atoms with Crippen molar-refractivity contribution in [2.75, 3.05) is 5.32 Å². The molecule has 1 spiro atoms. The molecule has 5 atom stereocenters. The van der Waals surface area contributed by atoms with Gasteiger partial charge < -0.3 is 20.3 Å². The van der Waals surface area contributed by atoms with Crippen LogP contribution in [0.4, 0.5) is 5.69 Å². The van der Waals surface area contributed by atoms with E-state index in [1.807, 2.05) is 44.2 Å². The fourth-order valence-electron chi connectivity index (χ4n) is 6.52. The average molecular weight is 464 g/mol. The molecule has 0 aromatic heterocycles. The molecule has 5 aliphatic rings. The molecule has 6 rings (SSSR count). The van der Waals surface area contributed by atoms with Crippen LogP contribution in [0.25, 0.3) is 0 Å². The Morgan fingerprint density at radius 2 is 1.79 bits per heavy atom. The summed E-state index contributed by atoms with van der Waals surface area (Å²) in [6.07, 6.45) is 10.5. The summed E-state index contributed by atoms with van der Waals surface area (Å²) in [4.78, 5) is 42.7. The number of carbonyl (C=O) groups is 3. The fourth-order valence-corrected chi connectivity index (χ4v) is 6.52. The monoisotopic (exact) mass is 463 g/mol. The van der Waals surface area contributed by atoms with Crippen molar-refractivity contribution in [1.29, 1.82) is 0 Å². The quantitative estimate of drug-likeness (QED) is 0.657. The van der Waals surface area contributed by atoms with E-state index in [2.05, 4.69) is 10.6 Å². The first-order valence-corrected chi connectivity index (χ1v) is 12.8. The lowest BCUT2D eigenvalue weighted by molar-refractivity contribution is -0.142. The number of aryl methyl sites for hydroxylation is 2. The molecule has 34 heavy (non-hydrogen) atoms. The SMILES string of the molecule is Cc1ccc(NC(=O)[C@H]2[C@@H]3C=C[C@]4(O3)[C@@H]2C(=O)N(C2CC2)[C@@H]4C(=O)NC2CCCCC2)cc1C. The lowest BCUT2D eigenvalue weighted by Gasteiger charge is -2.34. The van der Waals surface area contributed by atoms with Gasteiger partial charge in [0, 0.05) is 17.8 Å². The number of nitrogens with zero attached hydrogens (tertiary/aromatic N) is 1. The Morgan fingerprint density at radius 3 is 2.50 bits per heavy atom. The third kappa shape index (κ3) is 3.31. The third-order valence-corrected chi connectivity index (χ3v) is 8.53. The number of rotatable bonds is 5. The summed E-state index contributed by atoms with van der Waals surface area (Å²) in [5.41, 5.74) is 1.90. The molecule has 3 amide bonds. The fraction of sp³-hybridized carbons (Fsp3) is 0.593. The Hall–Kier alpha value is -2.67. The minimum Gasteiger partial charge on any atom is -0.359 e. The number of nitrogens with one attached hydrogen (secondary N) is 2. The molecule has 1 aromatic carbocycles. The maximum atomic E-state index is 13.8. The normalized spacial score (nSPS) is 34.4. The predicted molar refractivity (Wildman–Crippen MR) is 127 cm³/mol. The van der Waals surface area contributed by atoms with Gasteiger partial charge in [-0.3, -0.25) is 14.4 Å². The molecule has 2 aliphatic carbocycles. The highest BCUT2D eigenvalue weighted by Crippen LogP contribution is 2.57. The number of fused-ring (bicyclic) bond motifs is 1. The minimum atomic E-state index is -1.06. The van der Waals surface area contributed by atoms with Crippen LogP contribution >= 0.6 is 0 Å². The molecule has 7 nitrogen and oxygen atoms in total. The number of anilines is 1. The topological polar surface area (TPSA) is 87.7 Å². The highest BCUT2D eigenvalue weighted by atomic mass is 16.5. The van der Waals surface area contributed by atoms with Gasteiger partial charge in [-0.25, -0.2) is 0 Å². The first-order valence-electron chi connectivity index (χ1n) is 12.8. The molecule has 3 heterocycles. The molecular formula is C27H33N3O4. The van der Waals surface area contributed by atoms with Crippen LogP contribution in [0.5, 0.6) is 0 Å². The van der Waals surface area contributed by atoms with Gasteiger partial charge >= 0.3 is 0 Å². The molecule has 0 unspecified atom stereocenters. The van der Waals surface area contributed by atoms with Crippen LogP contribution in [0.2, 0.25) is 0 Å². The number of likely N-dealkylation sites (tertiary alicyclic amines) is 1. The molecule has 4 fully saturated rings. The Kier molecular flexibility index (Phi) is 5.10. The van der Waals surface area contributed by atoms with E-state index in [1.165, 1.54) is 6.42 Å². The van der Waals surface area contributed by atoms with Gasteiger partial charge in [0.1, 0.15) is 11.6 Å². The number of benzene rings is 1. The van der Waals surface area contributed by atoms with E-state index in [-0.39, 0.29) is 29.8 Å². The number of hydrogen-bond acceptors (Lipinski definition) is 4. The van der Waals surface area contributed by atoms with E-state index < -0.39 is 29.6 Å². The molecule has 2 saturated carbocycles. The van der Waals surface area contributed by atoms with Crippen molar-refractivity contribution in [2.24, 2.45) is 11.8 Å². The molecule has 180 valence electrons. The number of hydrogen-bond donors (Lipinski definition) is 2. The Bertz CT molecular complexity index is 1070. The molecule has 2 N–H and O–H groups in total. The zero-order valence-electron chi connectivity index (χ0n) is 19.9. The highest BCUT2D eigenvalue weighted by Gasteiger charge is 2.74. The second-order valence-corrected chi connectivity index (χ2v) is 10.8. The van der Waals surface area contributed by atoms with Gasteiger partial charge in [0.25, 0.3) is 0 Å². The summed E-state index contributed by atoms with van der Waals surface area (Å²) in [6, 6.07) is 5.31. The van der Waals surface area contributed by atoms with E-state index in [4.69, 9.17) is 4.74 Å². The van der Waals surface area contributed by atoms with Crippen LogP contribution in [0.15, 0.2) is 30.4 Å². The Morgan fingerprint density at radius 1 is 1.03 bits per heavy atom. The third-order valence-electron chi connectivity index (χ3n) is 8.53. The van der Waals surface area contributed by atoms with Crippen molar-refractivity contribution in [3.63, 3.8) is 0 Å². The van der Waals surface area contributed by atoms with E-state index in [9.17, 15) is 14.4 Å². The average Bonchev–Trinajstić information content (AvgIpc) is 3.41. The first-order chi connectivity index (χ1) is 16.4. The van der Waals surface area contributed by atoms with Crippen molar-refractivity contribution in [2.45, 2.75) is 88.6 Å². The smallest absolute Gasteiger partial charge is 0.246 e. The number of ether oxygens (including phenoxy) is 1. The van der Waals surface area contributed by atoms with Gasteiger partial charge in [-0.1, -0.05) is 37.5 Å². The maximum absolute atomic E-state index is 13.8. The standard InChI is InChI=1S/C27H33N3O4/c1-15-8-9-18(14-16(15)2)29-24(31)21-20-12-13-27(34-20)22(21)26(33)30(19-10-11-19)23(27)25(32)28-17-6-4-3-5-7-17/h8-9,12-14,17,19-23H,3-7,10-11H2,1-2H3,(H,28,32)(H,29,31)/t20-,21-,22-,23+,27-/m0/s1. The summed E-state index contributed by atoms with van der Waals surface area (Å²) in [6.45, 7) is 4.04. The summed E-state index contributed by atoms with van der Waals surface area (Å²) >= 11 is 0. The maximum Gasteiger partial charge on any atom is 0.246 e. The van der Waals surface area contributed by atoms with Crippen molar-refractivity contribution in [1.82, 2.24) is 10.2 Å². The van der Waals surface area contributed by atoms with Gasteiger partial charge in [-0.05, 0) is 62.8 Å². The van der Waals surface area contributed by atoms with Gasteiger partial charge in [-0.15, -0.1) is 0 Å². The second kappa shape index (κ2) is 7.94. The summed E-state index contributed by atoms with van der Waals surface area (Å²) in [7, 11) is 0. The van der Waals surface area contributed by atoms with Crippen molar-refractivity contribution >= 4 is 23.4 Å². The molecule has 2 saturated heterocycles. The zero-order chi connectivity index (χ0) is 23.6. The van der Waals surface area contributed by atoms with E-state index in [0.717, 1.165) is 49.7 Å². The van der Waals surface area contributed by atoms with Gasteiger partial charge in [0.15, 0.2) is 0 Å². The number of amides is 3. The van der Waals surface area contributed by atoms with E-state index >= 15 is 0 Å². The van der Waals surface area contributed by atoms with E-state index in [1.54, 1.807) is 4.90 Å². The lowest BCUT2D eigenvalue weighted by Crippen LogP contribution is -2.57. The van der Waals surface area contributed by atoms with Crippen LogP contribution in [0, 0.1) is 25.7 Å². The summed E-state index contributed by atoms with van der Waals surface area (Å²) in [5, 5.41) is 6.24. The van der Waals surface area contributed by atoms with Gasteiger partial charge in [0.05, 0.1) is 17.9 Å². The van der Waals surface area contributed by atoms with Gasteiger partial charge in [0.2, 0.25) is 17.7 Å². The highest BCUT2D eigenvalue weighted by molar-refractivity contribution is 6.03. The minimum absolute atomic E-state index is 0.0640. The van der Waals surface area contributed by atoms with Crippen molar-refractivity contribution < 1.29 is 19.1 Å². The Labute approximate surface area is 200 Å². The first kappa shape index (κ1) is 21.8. The number of carbonyl (C=O) groups excluding carboxylic acids is 3. The van der Waals surface area contributed by atoms with Crippen LogP contribution in [-0.4, -0.2) is 52.5 Å². The Balaban J connectivity index is 1.29. The van der Waals surface area contributed by atoms with E-state index in [0.29, 0.717) is 5.69 Å². The predicted octanol–water partition coefficient (Wildman–Crippen LogP) is 3.00. The van der Waals surface area contributed by atoms with Crippen LogP contribution in [-0.2, 0) is 19.1 Å². The second-order valence-electron chi connectivity index (χ2n) is 10.8. The molecular weight excluding hydrogens is 430 g/mol. The summed E-state index contributed by atoms with van der Waals surface area (Å²) < 4.78 is 6.40. The largest absolute Gasteiger partial charge is 0.359 e. The van der Waals surface area contributed by atoms with Gasteiger partial charge in [-0.2, -0.15) is 0 Å². The molecule has 3 aliphatic heterocycles. The molecule has 0 radical (unpaired) electrons. The van der Waals surface area contributed by atoms with Crippen molar-refractivity contribution in [3.8, 4) is 0 Å². The van der Waals surface area contributed by atoms with Crippen LogP contribution < -0.4 is 10.6 Å². The van der Waals surface area contributed by atoms with Crippen molar-refractivity contribution in [3.05, 3.63) is 41.5 Å². The van der Waals surface area contributed by atoms with Crippen LogP contribution in [0.3, 0.4) is 0 Å². The molecule has 7 heteroatoms. The van der Waals surface area contributed by atoms with Crippen LogP contribution in [0.1, 0.15) is 56.1 Å². The molecule has 2 bridgehead atoms. The zero-order valence-corrected chi connectivity index (χ0v) is 19.9. The lowest BCUT2D eigenvalue weighted by atomic mass is 9.74. The summed E-state index contributed by atoms with van der Waals surface area (Å²) in [5.74, 6) is -1.78. The molecule has 1 aromatic rings.